The van der Waals surface area contributed by atoms with Crippen LogP contribution in [0, 0.1) is 11.3 Å². The predicted molar refractivity (Wildman–Crippen MR) is 84.3 cm³/mol. The van der Waals surface area contributed by atoms with E-state index in [-0.39, 0.29) is 5.91 Å². The second kappa shape index (κ2) is 7.11. The maximum absolute atomic E-state index is 12.3. The predicted octanol–water partition coefficient (Wildman–Crippen LogP) is 3.88. The Kier molecular flexibility index (Phi) is 5.76. The van der Waals surface area contributed by atoms with Crippen molar-refractivity contribution in [2.75, 3.05) is 17.7 Å². The Morgan fingerprint density at radius 2 is 1.76 bits per heavy atom. The van der Waals surface area contributed by atoms with E-state index < -0.39 is 11.5 Å². The van der Waals surface area contributed by atoms with Gasteiger partial charge in [0.15, 0.2) is 0 Å². The SMILES string of the molecule is COC(=O)Nc1cccc(NC(=O)C(C)(C)CC(C)C)c1. The Bertz CT molecular complexity index is 510. The summed E-state index contributed by atoms with van der Waals surface area (Å²) in [4.78, 5) is 23.5. The third-order valence-electron chi connectivity index (χ3n) is 3.09. The molecule has 1 aromatic rings. The van der Waals surface area contributed by atoms with Crippen molar-refractivity contribution in [3.05, 3.63) is 24.3 Å². The Morgan fingerprint density at radius 1 is 1.19 bits per heavy atom. The average Bonchev–Trinajstić information content (AvgIpc) is 2.37. The molecule has 0 atom stereocenters. The van der Waals surface area contributed by atoms with Gasteiger partial charge >= 0.3 is 6.09 Å². The lowest BCUT2D eigenvalue weighted by Gasteiger charge is -2.25. The second-order valence-electron chi connectivity index (χ2n) is 6.13. The molecule has 5 heteroatoms. The topological polar surface area (TPSA) is 67.4 Å². The lowest BCUT2D eigenvalue weighted by atomic mass is 9.83. The molecule has 0 aliphatic heterocycles. The van der Waals surface area contributed by atoms with Gasteiger partial charge in [0.25, 0.3) is 0 Å². The highest BCUT2D eigenvalue weighted by molar-refractivity contribution is 5.95. The van der Waals surface area contributed by atoms with Gasteiger partial charge in [-0.3, -0.25) is 10.1 Å². The van der Waals surface area contributed by atoms with Gasteiger partial charge < -0.3 is 10.1 Å². The molecule has 0 unspecified atom stereocenters. The summed E-state index contributed by atoms with van der Waals surface area (Å²) in [5.74, 6) is 0.407. The van der Waals surface area contributed by atoms with E-state index in [0.717, 1.165) is 6.42 Å². The molecule has 1 aromatic carbocycles. The Morgan fingerprint density at radius 3 is 2.29 bits per heavy atom. The summed E-state index contributed by atoms with van der Waals surface area (Å²) in [5.41, 5.74) is 0.770. The van der Waals surface area contributed by atoms with Gasteiger partial charge in [-0.2, -0.15) is 0 Å². The van der Waals surface area contributed by atoms with Crippen LogP contribution in [0.2, 0.25) is 0 Å². The van der Waals surface area contributed by atoms with Crippen molar-refractivity contribution in [1.29, 1.82) is 0 Å². The molecule has 0 aromatic heterocycles. The molecule has 0 heterocycles. The standard InChI is InChI=1S/C16H24N2O3/c1-11(2)10-16(3,4)14(19)17-12-7-6-8-13(9-12)18-15(20)21-5/h6-9,11H,10H2,1-5H3,(H,17,19)(H,18,20). The molecule has 2 N–H and O–H groups in total. The van der Waals surface area contributed by atoms with Crippen LogP contribution in [0.1, 0.15) is 34.1 Å². The van der Waals surface area contributed by atoms with E-state index in [1.807, 2.05) is 13.8 Å². The van der Waals surface area contributed by atoms with Gasteiger partial charge in [-0.05, 0) is 30.5 Å². The monoisotopic (exact) mass is 292 g/mol. The highest BCUT2D eigenvalue weighted by atomic mass is 16.5. The molecule has 0 saturated carbocycles. The number of amides is 2. The second-order valence-corrected chi connectivity index (χ2v) is 6.13. The van der Waals surface area contributed by atoms with E-state index in [2.05, 4.69) is 29.2 Å². The first-order valence-electron chi connectivity index (χ1n) is 7.01. The molecular formula is C16H24N2O3. The number of rotatable bonds is 5. The van der Waals surface area contributed by atoms with Crippen LogP contribution < -0.4 is 10.6 Å². The number of carbonyl (C=O) groups excluding carboxylic acids is 2. The van der Waals surface area contributed by atoms with Crippen molar-refractivity contribution in [2.45, 2.75) is 34.1 Å². The van der Waals surface area contributed by atoms with Gasteiger partial charge in [0.1, 0.15) is 0 Å². The molecule has 116 valence electrons. The number of benzene rings is 1. The molecular weight excluding hydrogens is 268 g/mol. The third kappa shape index (κ3) is 5.45. The molecule has 1 rings (SSSR count). The summed E-state index contributed by atoms with van der Waals surface area (Å²) in [7, 11) is 1.30. The molecule has 0 spiro atoms. The summed E-state index contributed by atoms with van der Waals surface area (Å²) < 4.78 is 4.54. The maximum Gasteiger partial charge on any atom is 0.411 e. The number of hydrogen-bond acceptors (Lipinski definition) is 3. The molecule has 0 aliphatic carbocycles. The number of nitrogens with one attached hydrogen (secondary N) is 2. The molecule has 5 nitrogen and oxygen atoms in total. The van der Waals surface area contributed by atoms with E-state index in [9.17, 15) is 9.59 Å². The first-order chi connectivity index (χ1) is 9.74. The molecule has 0 aliphatic rings. The fourth-order valence-electron chi connectivity index (χ4n) is 2.26. The van der Waals surface area contributed by atoms with Crippen molar-refractivity contribution in [1.82, 2.24) is 0 Å². The van der Waals surface area contributed by atoms with Crippen molar-refractivity contribution >= 4 is 23.4 Å². The smallest absolute Gasteiger partial charge is 0.411 e. The van der Waals surface area contributed by atoms with Crippen molar-refractivity contribution < 1.29 is 14.3 Å². The lowest BCUT2D eigenvalue weighted by molar-refractivity contribution is -0.124. The minimum Gasteiger partial charge on any atom is -0.453 e. The van der Waals surface area contributed by atoms with Crippen molar-refractivity contribution in [3.8, 4) is 0 Å². The highest BCUT2D eigenvalue weighted by Crippen LogP contribution is 2.27. The summed E-state index contributed by atoms with van der Waals surface area (Å²) in [5, 5.41) is 5.45. The van der Waals surface area contributed by atoms with E-state index >= 15 is 0 Å². The van der Waals surface area contributed by atoms with E-state index in [0.29, 0.717) is 17.3 Å². The highest BCUT2D eigenvalue weighted by Gasteiger charge is 2.28. The fraction of sp³-hybridized carbons (Fsp3) is 0.500. The zero-order valence-electron chi connectivity index (χ0n) is 13.3. The van der Waals surface area contributed by atoms with Crippen molar-refractivity contribution in [3.63, 3.8) is 0 Å². The van der Waals surface area contributed by atoms with Crippen LogP contribution in [0.4, 0.5) is 16.2 Å². The Hall–Kier alpha value is -2.04. The first-order valence-corrected chi connectivity index (χ1v) is 7.01. The minimum absolute atomic E-state index is 0.0357. The van der Waals surface area contributed by atoms with Crippen LogP contribution in [0.25, 0.3) is 0 Å². The number of anilines is 2. The lowest BCUT2D eigenvalue weighted by Crippen LogP contribution is -2.32. The third-order valence-corrected chi connectivity index (χ3v) is 3.09. The zero-order valence-corrected chi connectivity index (χ0v) is 13.3. The molecule has 0 saturated heterocycles. The first kappa shape index (κ1) is 17.0. The fourth-order valence-corrected chi connectivity index (χ4v) is 2.26. The number of hydrogen-bond donors (Lipinski definition) is 2. The maximum atomic E-state index is 12.3. The van der Waals surface area contributed by atoms with Crippen LogP contribution in [-0.4, -0.2) is 19.1 Å². The Labute approximate surface area is 126 Å². The zero-order chi connectivity index (χ0) is 16.0. The molecule has 21 heavy (non-hydrogen) atoms. The van der Waals surface area contributed by atoms with E-state index in [1.54, 1.807) is 24.3 Å². The van der Waals surface area contributed by atoms with Gasteiger partial charge in [-0.25, -0.2) is 4.79 Å². The molecule has 2 amide bonds. The van der Waals surface area contributed by atoms with Crippen LogP contribution in [-0.2, 0) is 9.53 Å². The quantitative estimate of drug-likeness (QED) is 0.865. The summed E-state index contributed by atoms with van der Waals surface area (Å²) in [6, 6.07) is 6.97. The van der Waals surface area contributed by atoms with Gasteiger partial charge in [0.2, 0.25) is 5.91 Å². The van der Waals surface area contributed by atoms with E-state index in [4.69, 9.17) is 0 Å². The number of carbonyl (C=O) groups is 2. The summed E-state index contributed by atoms with van der Waals surface area (Å²) in [6.45, 7) is 8.05. The molecule has 0 radical (unpaired) electrons. The van der Waals surface area contributed by atoms with Crippen LogP contribution in [0.5, 0.6) is 0 Å². The summed E-state index contributed by atoms with van der Waals surface area (Å²) in [6.07, 6.45) is 0.262. The Balaban J connectivity index is 2.76. The minimum atomic E-state index is -0.543. The number of methoxy groups -OCH3 is 1. The largest absolute Gasteiger partial charge is 0.453 e. The molecule has 0 bridgehead atoms. The summed E-state index contributed by atoms with van der Waals surface area (Å²) >= 11 is 0. The molecule has 0 fully saturated rings. The van der Waals surface area contributed by atoms with Gasteiger partial charge in [0.05, 0.1) is 7.11 Å². The average molecular weight is 292 g/mol. The van der Waals surface area contributed by atoms with Gasteiger partial charge in [-0.15, -0.1) is 0 Å². The van der Waals surface area contributed by atoms with E-state index in [1.165, 1.54) is 7.11 Å². The van der Waals surface area contributed by atoms with Crippen LogP contribution in [0.3, 0.4) is 0 Å². The van der Waals surface area contributed by atoms with Gasteiger partial charge in [-0.1, -0.05) is 33.8 Å². The van der Waals surface area contributed by atoms with Gasteiger partial charge in [0, 0.05) is 16.8 Å². The van der Waals surface area contributed by atoms with Crippen molar-refractivity contribution in [2.24, 2.45) is 11.3 Å². The van der Waals surface area contributed by atoms with Crippen LogP contribution >= 0.6 is 0 Å². The number of ether oxygens (including phenoxy) is 1. The normalized spacial score (nSPS) is 11.1. The van der Waals surface area contributed by atoms with Crippen LogP contribution in [0.15, 0.2) is 24.3 Å².